The highest BCUT2D eigenvalue weighted by molar-refractivity contribution is 7.13. The molecule has 7 heteroatoms. The summed E-state index contributed by atoms with van der Waals surface area (Å²) in [6, 6.07) is 4.13. The first-order valence-corrected chi connectivity index (χ1v) is 9.44. The molecule has 0 spiro atoms. The summed E-state index contributed by atoms with van der Waals surface area (Å²) in [5, 5.41) is 5.98. The third-order valence-electron chi connectivity index (χ3n) is 4.47. The molecule has 3 heterocycles. The molecule has 0 saturated carbocycles. The molecule has 6 nitrogen and oxygen atoms in total. The van der Waals surface area contributed by atoms with Crippen molar-refractivity contribution in [2.24, 2.45) is 5.73 Å². The minimum absolute atomic E-state index is 0.0264. The molecule has 1 saturated heterocycles. The maximum atomic E-state index is 12.5. The van der Waals surface area contributed by atoms with Crippen LogP contribution in [0.2, 0.25) is 0 Å². The van der Waals surface area contributed by atoms with Gasteiger partial charge in [0.25, 0.3) is 0 Å². The van der Waals surface area contributed by atoms with Crippen molar-refractivity contribution in [2.45, 2.75) is 57.5 Å². The Kier molecular flexibility index (Phi) is 5.63. The minimum atomic E-state index is 0.0264. The van der Waals surface area contributed by atoms with E-state index in [1.807, 2.05) is 29.3 Å². The van der Waals surface area contributed by atoms with Crippen LogP contribution in [0.5, 0.6) is 0 Å². The number of hydrogen-bond acceptors (Lipinski definition) is 6. The predicted molar refractivity (Wildman–Crippen MR) is 93.6 cm³/mol. The average molecular weight is 348 g/mol. The molecule has 0 aliphatic carbocycles. The molecule has 1 amide bonds. The maximum Gasteiger partial charge on any atom is 0.226 e. The van der Waals surface area contributed by atoms with Gasteiger partial charge in [0, 0.05) is 31.5 Å². The highest BCUT2D eigenvalue weighted by atomic mass is 32.1. The first-order valence-electron chi connectivity index (χ1n) is 8.56. The van der Waals surface area contributed by atoms with Gasteiger partial charge in [-0.15, -0.1) is 11.3 Å². The van der Waals surface area contributed by atoms with E-state index in [0.29, 0.717) is 31.0 Å². The van der Waals surface area contributed by atoms with Crippen molar-refractivity contribution in [1.82, 2.24) is 15.0 Å². The minimum Gasteiger partial charge on any atom is -0.339 e. The lowest BCUT2D eigenvalue weighted by Crippen LogP contribution is -2.51. The van der Waals surface area contributed by atoms with Crippen molar-refractivity contribution in [3.05, 3.63) is 23.4 Å². The van der Waals surface area contributed by atoms with E-state index in [2.05, 4.69) is 10.1 Å². The fourth-order valence-electron chi connectivity index (χ4n) is 3.21. The van der Waals surface area contributed by atoms with Gasteiger partial charge in [-0.05, 0) is 44.1 Å². The number of carbonyl (C=O) groups excluding carboxylic acids is 1. The number of thiophene rings is 1. The summed E-state index contributed by atoms with van der Waals surface area (Å²) < 4.78 is 5.28. The molecule has 1 fully saturated rings. The predicted octanol–water partition coefficient (Wildman–Crippen LogP) is 2.85. The summed E-state index contributed by atoms with van der Waals surface area (Å²) in [5.41, 5.74) is 6.04. The Bertz CT molecular complexity index is 653. The van der Waals surface area contributed by atoms with Crippen LogP contribution < -0.4 is 5.73 Å². The molecule has 0 aromatic carbocycles. The van der Waals surface area contributed by atoms with E-state index in [1.54, 1.807) is 11.3 Å². The largest absolute Gasteiger partial charge is 0.339 e. The molecule has 1 aliphatic heterocycles. The van der Waals surface area contributed by atoms with E-state index < -0.39 is 0 Å². The van der Waals surface area contributed by atoms with E-state index in [4.69, 9.17) is 10.3 Å². The Balaban J connectivity index is 1.50. The average Bonchev–Trinajstić information content (AvgIpc) is 3.26. The lowest BCUT2D eigenvalue weighted by molar-refractivity contribution is -0.135. The molecule has 0 radical (unpaired) electrons. The van der Waals surface area contributed by atoms with Gasteiger partial charge in [0.15, 0.2) is 0 Å². The maximum absolute atomic E-state index is 12.5. The normalized spacial score (nSPS) is 19.4. The molecule has 24 heavy (non-hydrogen) atoms. The number of aryl methyl sites for hydroxylation is 1. The van der Waals surface area contributed by atoms with Gasteiger partial charge < -0.3 is 15.2 Å². The van der Waals surface area contributed by atoms with Crippen LogP contribution in [0.25, 0.3) is 10.7 Å². The Morgan fingerprint density at radius 1 is 1.54 bits per heavy atom. The Morgan fingerprint density at radius 3 is 3.17 bits per heavy atom. The van der Waals surface area contributed by atoms with Crippen molar-refractivity contribution >= 4 is 17.2 Å². The van der Waals surface area contributed by atoms with E-state index in [9.17, 15) is 4.79 Å². The lowest BCUT2D eigenvalue weighted by atomic mass is 9.96. The van der Waals surface area contributed by atoms with Crippen molar-refractivity contribution in [3.63, 3.8) is 0 Å². The van der Waals surface area contributed by atoms with Gasteiger partial charge in [0.05, 0.1) is 4.88 Å². The molecule has 130 valence electrons. The van der Waals surface area contributed by atoms with Crippen LogP contribution in [0.4, 0.5) is 0 Å². The number of likely N-dealkylation sites (tertiary alicyclic amines) is 1. The fraction of sp³-hybridized carbons (Fsp3) is 0.588. The molecule has 2 aromatic rings. The van der Waals surface area contributed by atoms with Crippen LogP contribution in [0, 0.1) is 0 Å². The van der Waals surface area contributed by atoms with Crippen LogP contribution in [-0.4, -0.2) is 39.6 Å². The van der Waals surface area contributed by atoms with Gasteiger partial charge >= 0.3 is 0 Å². The zero-order chi connectivity index (χ0) is 16.9. The number of piperidine rings is 1. The monoisotopic (exact) mass is 348 g/mol. The molecule has 3 rings (SSSR count). The number of aromatic nitrogens is 2. The van der Waals surface area contributed by atoms with Crippen LogP contribution >= 0.6 is 11.3 Å². The van der Waals surface area contributed by atoms with Crippen LogP contribution in [-0.2, 0) is 11.2 Å². The van der Waals surface area contributed by atoms with Gasteiger partial charge in [-0.25, -0.2) is 0 Å². The second-order valence-corrected chi connectivity index (χ2v) is 7.30. The highest BCUT2D eigenvalue weighted by Gasteiger charge is 2.28. The van der Waals surface area contributed by atoms with E-state index in [1.165, 1.54) is 0 Å². The zero-order valence-electron chi connectivity index (χ0n) is 14.0. The summed E-state index contributed by atoms with van der Waals surface area (Å²) in [6.07, 6.45) is 5.08. The smallest absolute Gasteiger partial charge is 0.226 e. The SMILES string of the molecule is CC(N)C1CCCCN1C(=O)CCCc1nc(-c2cccs2)no1. The molecule has 2 N–H and O–H groups in total. The number of nitrogens with zero attached hydrogens (tertiary/aromatic N) is 3. The third kappa shape index (κ3) is 4.02. The second-order valence-electron chi connectivity index (χ2n) is 6.35. The second kappa shape index (κ2) is 7.90. The molecule has 2 unspecified atom stereocenters. The molecule has 2 aromatic heterocycles. The number of amides is 1. The van der Waals surface area contributed by atoms with Crippen molar-refractivity contribution < 1.29 is 9.32 Å². The van der Waals surface area contributed by atoms with Gasteiger partial charge in [-0.1, -0.05) is 11.2 Å². The number of carbonyl (C=O) groups is 1. The van der Waals surface area contributed by atoms with Crippen LogP contribution in [0.15, 0.2) is 22.0 Å². The summed E-state index contributed by atoms with van der Waals surface area (Å²) in [5.74, 6) is 1.41. The van der Waals surface area contributed by atoms with Crippen molar-refractivity contribution in [2.75, 3.05) is 6.54 Å². The molecular weight excluding hydrogens is 324 g/mol. The Hall–Kier alpha value is -1.73. The van der Waals surface area contributed by atoms with E-state index in [-0.39, 0.29) is 18.0 Å². The first-order chi connectivity index (χ1) is 11.6. The lowest BCUT2D eigenvalue weighted by Gasteiger charge is -2.38. The summed E-state index contributed by atoms with van der Waals surface area (Å²) in [4.78, 5) is 19.9. The molecule has 2 atom stereocenters. The number of nitrogens with two attached hydrogens (primary N) is 1. The van der Waals surface area contributed by atoms with Crippen molar-refractivity contribution in [3.8, 4) is 10.7 Å². The zero-order valence-corrected chi connectivity index (χ0v) is 14.8. The quantitative estimate of drug-likeness (QED) is 0.867. The Labute approximate surface area is 146 Å². The van der Waals surface area contributed by atoms with Crippen LogP contribution in [0.1, 0.15) is 44.9 Å². The summed E-state index contributed by atoms with van der Waals surface area (Å²) >= 11 is 1.58. The summed E-state index contributed by atoms with van der Waals surface area (Å²) in [6.45, 7) is 2.81. The van der Waals surface area contributed by atoms with E-state index in [0.717, 1.165) is 30.7 Å². The fourth-order valence-corrected chi connectivity index (χ4v) is 3.86. The third-order valence-corrected chi connectivity index (χ3v) is 5.33. The topological polar surface area (TPSA) is 85.2 Å². The molecular formula is C17H24N4O2S. The number of hydrogen-bond donors (Lipinski definition) is 1. The standard InChI is InChI=1S/C17H24N4O2S/c1-12(18)13-6-2-3-10-21(13)16(22)9-4-8-15-19-17(20-23-15)14-7-5-11-24-14/h5,7,11-13H,2-4,6,8-10,18H2,1H3. The molecule has 1 aliphatic rings. The summed E-state index contributed by atoms with van der Waals surface area (Å²) in [7, 11) is 0. The highest BCUT2D eigenvalue weighted by Crippen LogP contribution is 2.22. The van der Waals surface area contributed by atoms with Gasteiger partial charge in [-0.3, -0.25) is 4.79 Å². The van der Waals surface area contributed by atoms with E-state index >= 15 is 0 Å². The van der Waals surface area contributed by atoms with Gasteiger partial charge in [-0.2, -0.15) is 4.98 Å². The molecule has 0 bridgehead atoms. The van der Waals surface area contributed by atoms with Gasteiger partial charge in [0.2, 0.25) is 17.6 Å². The first kappa shape index (κ1) is 17.1. The van der Waals surface area contributed by atoms with Crippen molar-refractivity contribution in [1.29, 1.82) is 0 Å². The Morgan fingerprint density at radius 2 is 2.42 bits per heavy atom. The van der Waals surface area contributed by atoms with Crippen LogP contribution in [0.3, 0.4) is 0 Å². The van der Waals surface area contributed by atoms with Gasteiger partial charge in [0.1, 0.15) is 0 Å². The number of rotatable bonds is 6.